The monoisotopic (exact) mass is 126 g/mol. The van der Waals surface area contributed by atoms with E-state index in [2.05, 4.69) is 0 Å². The average Bonchev–Trinajstić information content (AvgIpc) is 1.38. The van der Waals surface area contributed by atoms with E-state index in [0.29, 0.717) is 0 Å². The van der Waals surface area contributed by atoms with Crippen molar-refractivity contribution in [3.63, 3.8) is 0 Å². The van der Waals surface area contributed by atoms with E-state index in [9.17, 15) is 0 Å². The molecule has 0 unspecified atom stereocenters. The topological polar surface area (TPSA) is 40.5 Å². The van der Waals surface area contributed by atoms with Crippen LogP contribution in [0.5, 0.6) is 0 Å². The molecule has 0 spiro atoms. The van der Waals surface area contributed by atoms with E-state index >= 15 is 0 Å². The third kappa shape index (κ3) is 4.41. The van der Waals surface area contributed by atoms with Crippen LogP contribution in [0.3, 0.4) is 0 Å². The predicted molar refractivity (Wildman–Crippen MR) is 16.2 cm³/mol. The maximum absolute atomic E-state index is 8.07. The van der Waals surface area contributed by atoms with Crippen molar-refractivity contribution in [1.29, 1.82) is 0 Å². The van der Waals surface area contributed by atoms with Crippen molar-refractivity contribution in [3.8, 4) is 0 Å². The van der Waals surface area contributed by atoms with Gasteiger partial charge in [0.25, 0.3) is 0 Å². The van der Waals surface area contributed by atoms with Gasteiger partial charge >= 0.3 is 35.6 Å². The van der Waals surface area contributed by atoms with Gasteiger partial charge in [-0.2, -0.15) is 0 Å². The second-order valence-corrected chi connectivity index (χ2v) is 4.75. The summed E-state index contributed by atoms with van der Waals surface area (Å²) in [7, 11) is 0. The molecule has 3 heteroatoms. The zero-order chi connectivity index (χ0) is 4.28. The summed E-state index contributed by atoms with van der Waals surface area (Å²) in [6, 6.07) is 0. The minimum atomic E-state index is -2.79. The fourth-order valence-corrected chi connectivity index (χ4v) is 0. The van der Waals surface area contributed by atoms with E-state index in [1.54, 1.807) is 6.92 Å². The Kier molecular flexibility index (Phi) is 2.86. The summed E-state index contributed by atoms with van der Waals surface area (Å²) in [5.41, 5.74) is 0. The Labute approximate surface area is 36.3 Å². The van der Waals surface area contributed by atoms with Gasteiger partial charge in [0.2, 0.25) is 0 Å². The molecule has 0 aliphatic rings. The van der Waals surface area contributed by atoms with Crippen LogP contribution in [0, 0.1) is 0 Å². The Balaban J connectivity index is 3.14. The molecule has 0 aliphatic heterocycles. The van der Waals surface area contributed by atoms with Crippen molar-refractivity contribution >= 4 is 4.61 Å². The molecule has 0 rings (SSSR count). The molecule has 28 valence electrons. The summed E-state index contributed by atoms with van der Waals surface area (Å²) in [5.74, 6) is 0. The Hall–Kier alpha value is 0.413. The molecule has 0 saturated carbocycles. The van der Waals surface area contributed by atoms with Crippen molar-refractivity contribution in [2.24, 2.45) is 0 Å². The van der Waals surface area contributed by atoms with Crippen molar-refractivity contribution in [2.75, 3.05) is 0 Å². The van der Waals surface area contributed by atoms with Gasteiger partial charge in [0.15, 0.2) is 0 Å². The van der Waals surface area contributed by atoms with Gasteiger partial charge in [0.05, 0.1) is 0 Å². The van der Waals surface area contributed by atoms with Gasteiger partial charge in [-0.15, -0.1) is 0 Å². The summed E-state index contributed by atoms with van der Waals surface area (Å²) in [4.78, 5) is 0. The SMILES string of the molecule is C[CH]=[Zn]([OH])[OH]. The van der Waals surface area contributed by atoms with Crippen molar-refractivity contribution in [3.05, 3.63) is 0 Å². The zero-order valence-corrected chi connectivity index (χ0v) is 6.15. The van der Waals surface area contributed by atoms with Crippen molar-refractivity contribution in [1.82, 2.24) is 0 Å². The number of rotatable bonds is 0. The van der Waals surface area contributed by atoms with Gasteiger partial charge in [0, 0.05) is 0 Å². The number of hydrogen-bond acceptors (Lipinski definition) is 2. The van der Waals surface area contributed by atoms with Crippen LogP contribution in [0.1, 0.15) is 6.92 Å². The van der Waals surface area contributed by atoms with Crippen LogP contribution in [-0.4, -0.2) is 12.5 Å². The molecule has 0 aromatic heterocycles. The van der Waals surface area contributed by atoms with Gasteiger partial charge in [-0.3, -0.25) is 0 Å². The molecule has 0 radical (unpaired) electrons. The molecule has 0 fully saturated rings. The predicted octanol–water partition coefficient (Wildman–Crippen LogP) is -0.759. The van der Waals surface area contributed by atoms with Crippen LogP contribution in [0.15, 0.2) is 0 Å². The second-order valence-electron chi connectivity index (χ2n) is 0.915. The van der Waals surface area contributed by atoms with E-state index in [-0.39, 0.29) is 0 Å². The van der Waals surface area contributed by atoms with E-state index in [1.807, 2.05) is 0 Å². The normalized spacial score (nSPS) is 5.20. The fraction of sp³-hybridized carbons (Fsp3) is 0.500. The van der Waals surface area contributed by atoms with Gasteiger partial charge in [-0.25, -0.2) is 0 Å². The minimum absolute atomic E-state index is 1.49. The summed E-state index contributed by atoms with van der Waals surface area (Å²) in [5, 5.41) is 0. The molecular weight excluding hydrogens is 121 g/mol. The first-order chi connectivity index (χ1) is 2.27. The molecule has 5 heavy (non-hydrogen) atoms. The van der Waals surface area contributed by atoms with Crippen LogP contribution < -0.4 is 0 Å². The quantitative estimate of drug-likeness (QED) is 0.420. The number of hydrogen-bond donors (Lipinski definition) is 2. The third-order valence-electron chi connectivity index (χ3n) is 0.365. The van der Waals surface area contributed by atoms with Crippen LogP contribution >= 0.6 is 0 Å². The molecule has 2 nitrogen and oxygen atoms in total. The molecule has 0 heterocycles. The van der Waals surface area contributed by atoms with E-state index in [4.69, 9.17) is 7.87 Å². The van der Waals surface area contributed by atoms with Crippen LogP contribution in [-0.2, 0) is 16.2 Å². The third-order valence-corrected chi connectivity index (χ3v) is 1.90. The van der Waals surface area contributed by atoms with Crippen molar-refractivity contribution in [2.45, 2.75) is 6.92 Å². The van der Waals surface area contributed by atoms with Crippen LogP contribution in [0.4, 0.5) is 0 Å². The molecule has 0 atom stereocenters. The molecule has 0 aliphatic carbocycles. The van der Waals surface area contributed by atoms with E-state index in [0.717, 1.165) is 0 Å². The standard InChI is InChI=1S/C2H4.2H2O.Zn/c1-2;;;/h1H,2H3;2*1H2;/q;;;+2/p-2. The first kappa shape index (κ1) is 5.41. The molecule has 2 N–H and O–H groups in total. The summed E-state index contributed by atoms with van der Waals surface area (Å²) in [6.07, 6.45) is 0. The molecule has 0 saturated heterocycles. The Bertz CT molecular complexity index is 45.6. The second kappa shape index (κ2) is 2.64. The summed E-state index contributed by atoms with van der Waals surface area (Å²) >= 11 is -2.79. The first-order valence-corrected chi connectivity index (χ1v) is 5.99. The molecule has 0 aromatic carbocycles. The maximum atomic E-state index is 8.07. The van der Waals surface area contributed by atoms with Gasteiger partial charge in [-0.1, -0.05) is 0 Å². The first-order valence-electron chi connectivity index (χ1n) is 1.62. The zero-order valence-electron chi connectivity index (χ0n) is 3.18. The molecule has 0 amide bonds. The van der Waals surface area contributed by atoms with Crippen LogP contribution in [0.2, 0.25) is 0 Å². The Morgan fingerprint density at radius 3 is 1.80 bits per heavy atom. The fourth-order valence-electron chi connectivity index (χ4n) is 0. The molecule has 0 aromatic rings. The van der Waals surface area contributed by atoms with Crippen molar-refractivity contribution < 1.29 is 24.1 Å². The van der Waals surface area contributed by atoms with E-state index < -0.39 is 16.2 Å². The van der Waals surface area contributed by atoms with E-state index in [1.165, 1.54) is 4.61 Å². The van der Waals surface area contributed by atoms with Gasteiger partial charge < -0.3 is 0 Å². The van der Waals surface area contributed by atoms with Gasteiger partial charge in [0.1, 0.15) is 0 Å². The summed E-state index contributed by atoms with van der Waals surface area (Å²) < 4.78 is 17.6. The van der Waals surface area contributed by atoms with Crippen LogP contribution in [0.25, 0.3) is 0 Å². The average molecular weight is 127 g/mol. The molecular formula is C2H6O2Zn. The Morgan fingerprint density at radius 1 is 1.60 bits per heavy atom. The Morgan fingerprint density at radius 2 is 1.80 bits per heavy atom. The van der Waals surface area contributed by atoms with Gasteiger partial charge in [-0.05, 0) is 0 Å². The summed E-state index contributed by atoms with van der Waals surface area (Å²) in [6.45, 7) is 1.67. The molecule has 0 bridgehead atoms.